The van der Waals surface area contributed by atoms with Gasteiger partial charge in [0.25, 0.3) is 0 Å². The van der Waals surface area contributed by atoms with Crippen LogP contribution in [0, 0.1) is 5.38 Å². The van der Waals surface area contributed by atoms with Crippen molar-refractivity contribution in [2.75, 3.05) is 6.61 Å². The van der Waals surface area contributed by atoms with E-state index in [9.17, 15) is 4.79 Å². The van der Waals surface area contributed by atoms with Crippen LogP contribution in [0.4, 0.5) is 0 Å². The highest BCUT2D eigenvalue weighted by atomic mass is 79.9. The average molecular weight is 304 g/mol. The summed E-state index contributed by atoms with van der Waals surface area (Å²) >= 11 is 5.12. The summed E-state index contributed by atoms with van der Waals surface area (Å²) in [5.41, 5.74) is 1.35. The quantitative estimate of drug-likeness (QED) is 0.562. The predicted octanol–water partition coefficient (Wildman–Crippen LogP) is 3.98. The number of thiophene rings is 1. The maximum absolute atomic E-state index is 10.5. The van der Waals surface area contributed by atoms with Crippen LogP contribution in [0.1, 0.15) is 38.2 Å². The van der Waals surface area contributed by atoms with E-state index in [1.54, 1.807) is 11.3 Å². The second kappa shape index (κ2) is 7.85. The molecule has 0 saturated carbocycles. The van der Waals surface area contributed by atoms with E-state index in [1.165, 1.54) is 29.1 Å². The van der Waals surface area contributed by atoms with Crippen LogP contribution in [0.15, 0.2) is 9.85 Å². The van der Waals surface area contributed by atoms with Gasteiger partial charge in [-0.1, -0.05) is 12.8 Å². The molecule has 0 aromatic carbocycles. The van der Waals surface area contributed by atoms with Crippen molar-refractivity contribution in [3.8, 4) is 0 Å². The standard InChI is InChI=1S/C12H16BrO2S/c1-10(14)15-8-5-3-2-4-6-11-7-9-16-12(11)13/h7H,2-6,8H2,1H3. The number of unbranched alkanes of at least 4 members (excludes halogenated alkanes) is 3. The Labute approximate surface area is 109 Å². The molecule has 1 aromatic rings. The van der Waals surface area contributed by atoms with Crippen molar-refractivity contribution in [1.82, 2.24) is 0 Å². The third-order valence-electron chi connectivity index (χ3n) is 2.28. The van der Waals surface area contributed by atoms with Gasteiger partial charge in [0.1, 0.15) is 0 Å². The van der Waals surface area contributed by atoms with Crippen molar-refractivity contribution in [1.29, 1.82) is 0 Å². The summed E-state index contributed by atoms with van der Waals surface area (Å²) in [5.74, 6) is -0.183. The van der Waals surface area contributed by atoms with E-state index in [2.05, 4.69) is 21.3 Å². The van der Waals surface area contributed by atoms with Gasteiger partial charge in [0.2, 0.25) is 0 Å². The summed E-state index contributed by atoms with van der Waals surface area (Å²) in [7, 11) is 0. The van der Waals surface area contributed by atoms with E-state index < -0.39 is 0 Å². The zero-order chi connectivity index (χ0) is 11.8. The minimum absolute atomic E-state index is 0.183. The van der Waals surface area contributed by atoms with Crippen molar-refractivity contribution in [2.45, 2.75) is 39.0 Å². The topological polar surface area (TPSA) is 26.3 Å². The fourth-order valence-electron chi connectivity index (χ4n) is 1.43. The van der Waals surface area contributed by atoms with Gasteiger partial charge in [0, 0.05) is 12.3 Å². The molecule has 0 N–H and O–H groups in total. The van der Waals surface area contributed by atoms with E-state index in [-0.39, 0.29) is 5.97 Å². The van der Waals surface area contributed by atoms with Crippen molar-refractivity contribution in [3.05, 3.63) is 20.8 Å². The Balaban J connectivity index is 1.96. The van der Waals surface area contributed by atoms with Gasteiger partial charge in [-0.3, -0.25) is 4.79 Å². The lowest BCUT2D eigenvalue weighted by atomic mass is 10.1. The van der Waals surface area contributed by atoms with E-state index in [0.29, 0.717) is 6.61 Å². The minimum atomic E-state index is -0.183. The second-order valence-corrected chi connectivity index (χ2v) is 5.83. The minimum Gasteiger partial charge on any atom is -0.466 e. The molecule has 0 amide bonds. The molecule has 2 nitrogen and oxygen atoms in total. The van der Waals surface area contributed by atoms with E-state index in [4.69, 9.17) is 4.74 Å². The molecular formula is C12H16BrO2S. The maximum atomic E-state index is 10.5. The Morgan fingerprint density at radius 1 is 1.44 bits per heavy atom. The summed E-state index contributed by atoms with van der Waals surface area (Å²) in [6.07, 6.45) is 5.57. The summed E-state index contributed by atoms with van der Waals surface area (Å²) < 4.78 is 6.06. The van der Waals surface area contributed by atoms with Gasteiger partial charge in [0.05, 0.1) is 10.4 Å². The van der Waals surface area contributed by atoms with Gasteiger partial charge < -0.3 is 4.74 Å². The average Bonchev–Trinajstić information content (AvgIpc) is 2.62. The smallest absolute Gasteiger partial charge is 0.302 e. The fraction of sp³-hybridized carbons (Fsp3) is 0.583. The van der Waals surface area contributed by atoms with Crippen LogP contribution in [-0.2, 0) is 16.0 Å². The number of halogens is 1. The van der Waals surface area contributed by atoms with E-state index >= 15 is 0 Å². The number of hydrogen-bond acceptors (Lipinski definition) is 3. The van der Waals surface area contributed by atoms with E-state index in [0.717, 1.165) is 19.3 Å². The first-order valence-electron chi connectivity index (χ1n) is 5.48. The van der Waals surface area contributed by atoms with Crippen molar-refractivity contribution in [3.63, 3.8) is 0 Å². The molecular weight excluding hydrogens is 288 g/mol. The molecule has 0 saturated heterocycles. The van der Waals surface area contributed by atoms with Gasteiger partial charge in [-0.25, -0.2) is 0 Å². The Hall–Kier alpha value is -0.350. The molecule has 89 valence electrons. The number of ether oxygens (including phenoxy) is 1. The number of esters is 1. The number of hydrogen-bond donors (Lipinski definition) is 0. The number of rotatable bonds is 7. The molecule has 1 radical (unpaired) electrons. The fourth-order valence-corrected chi connectivity index (χ4v) is 2.62. The maximum Gasteiger partial charge on any atom is 0.302 e. The first-order chi connectivity index (χ1) is 7.70. The molecule has 0 aliphatic rings. The Bertz CT molecular complexity index is 323. The molecule has 4 heteroatoms. The normalized spacial score (nSPS) is 10.4. The van der Waals surface area contributed by atoms with Gasteiger partial charge in [-0.05, 0) is 46.8 Å². The number of aryl methyl sites for hydroxylation is 1. The van der Waals surface area contributed by atoms with Crippen LogP contribution in [0.3, 0.4) is 0 Å². The van der Waals surface area contributed by atoms with Gasteiger partial charge in [0.15, 0.2) is 0 Å². The van der Waals surface area contributed by atoms with E-state index in [1.807, 2.05) is 6.07 Å². The van der Waals surface area contributed by atoms with Gasteiger partial charge >= 0.3 is 5.97 Å². The molecule has 0 fully saturated rings. The molecule has 0 bridgehead atoms. The molecule has 1 heterocycles. The van der Waals surface area contributed by atoms with Crippen LogP contribution in [0.25, 0.3) is 0 Å². The molecule has 0 aliphatic carbocycles. The Morgan fingerprint density at radius 2 is 2.19 bits per heavy atom. The first-order valence-corrected chi connectivity index (χ1v) is 7.08. The molecule has 1 aromatic heterocycles. The monoisotopic (exact) mass is 303 g/mol. The highest BCUT2D eigenvalue weighted by Crippen LogP contribution is 2.24. The van der Waals surface area contributed by atoms with Crippen molar-refractivity contribution in [2.24, 2.45) is 0 Å². The van der Waals surface area contributed by atoms with Gasteiger partial charge in [-0.15, -0.1) is 11.3 Å². The Kier molecular flexibility index (Phi) is 6.73. The number of carbonyl (C=O) groups excluding carboxylic acids is 1. The highest BCUT2D eigenvalue weighted by molar-refractivity contribution is 9.11. The first kappa shape index (κ1) is 13.7. The Morgan fingerprint density at radius 3 is 2.81 bits per heavy atom. The summed E-state index contributed by atoms with van der Waals surface area (Å²) in [6.45, 7) is 2.01. The molecule has 0 unspecified atom stereocenters. The number of carbonyl (C=O) groups is 1. The molecule has 0 aliphatic heterocycles. The lowest BCUT2D eigenvalue weighted by molar-refractivity contribution is -0.141. The van der Waals surface area contributed by atoms with Gasteiger partial charge in [-0.2, -0.15) is 0 Å². The van der Waals surface area contributed by atoms with Crippen LogP contribution in [0.2, 0.25) is 0 Å². The lowest BCUT2D eigenvalue weighted by Crippen LogP contribution is -2.00. The van der Waals surface area contributed by atoms with Crippen LogP contribution in [0.5, 0.6) is 0 Å². The molecule has 1 rings (SSSR count). The largest absolute Gasteiger partial charge is 0.466 e. The zero-order valence-corrected chi connectivity index (χ0v) is 11.8. The van der Waals surface area contributed by atoms with Crippen molar-refractivity contribution >= 4 is 33.2 Å². The summed E-state index contributed by atoms with van der Waals surface area (Å²) in [6, 6.07) is 2.05. The zero-order valence-electron chi connectivity index (χ0n) is 9.42. The van der Waals surface area contributed by atoms with Crippen LogP contribution in [-0.4, -0.2) is 12.6 Å². The SMILES string of the molecule is CC(=O)OCCCCCCc1c[c]sc1Br. The summed E-state index contributed by atoms with van der Waals surface area (Å²) in [4.78, 5) is 10.5. The third kappa shape index (κ3) is 5.66. The molecule has 16 heavy (non-hydrogen) atoms. The van der Waals surface area contributed by atoms with Crippen LogP contribution >= 0.6 is 27.3 Å². The second-order valence-electron chi connectivity index (χ2n) is 3.67. The molecule has 0 spiro atoms. The third-order valence-corrected chi connectivity index (χ3v) is 3.95. The van der Waals surface area contributed by atoms with Crippen LogP contribution < -0.4 is 0 Å². The lowest BCUT2D eigenvalue weighted by Gasteiger charge is -2.02. The van der Waals surface area contributed by atoms with Crippen molar-refractivity contribution < 1.29 is 9.53 Å². The summed E-state index contributed by atoms with van der Waals surface area (Å²) in [5, 5.41) is 3.11. The highest BCUT2D eigenvalue weighted by Gasteiger charge is 2.00. The molecule has 0 atom stereocenters. The predicted molar refractivity (Wildman–Crippen MR) is 69.7 cm³/mol.